The lowest BCUT2D eigenvalue weighted by atomic mass is 10.0. The molecule has 0 fully saturated rings. The fraction of sp³-hybridized carbons (Fsp3) is 0.385. The summed E-state index contributed by atoms with van der Waals surface area (Å²) in [6.07, 6.45) is 0.773. The summed E-state index contributed by atoms with van der Waals surface area (Å²) >= 11 is 0. The second-order valence-electron chi connectivity index (χ2n) is 4.70. The molecule has 0 amide bonds. The molecule has 0 aliphatic rings. The Morgan fingerprint density at radius 3 is 2.74 bits per heavy atom. The van der Waals surface area contributed by atoms with E-state index in [2.05, 4.69) is 10.1 Å². The molecule has 0 saturated heterocycles. The molecule has 2 aromatic rings. The molecular weight excluding hydrogens is 252 g/mol. The van der Waals surface area contributed by atoms with E-state index in [1.54, 1.807) is 6.92 Å². The first-order valence-corrected chi connectivity index (χ1v) is 5.98. The van der Waals surface area contributed by atoms with Crippen LogP contribution in [0, 0.1) is 11.6 Å². The molecule has 1 aromatic carbocycles. The number of benzene rings is 1. The zero-order valence-corrected chi connectivity index (χ0v) is 10.8. The van der Waals surface area contributed by atoms with Crippen LogP contribution in [0.5, 0.6) is 0 Å². The highest BCUT2D eigenvalue weighted by molar-refractivity contribution is 5.21. The zero-order valence-electron chi connectivity index (χ0n) is 10.8. The predicted molar refractivity (Wildman–Crippen MR) is 65.3 cm³/mol. The summed E-state index contributed by atoms with van der Waals surface area (Å²) in [5.41, 5.74) is 5.58. The SMILES string of the molecule is CCC(C)(N)c1nc(Cc2ccc(F)cc2F)no1. The Balaban J connectivity index is 2.20. The van der Waals surface area contributed by atoms with E-state index in [4.69, 9.17) is 10.3 Å². The first kappa shape index (κ1) is 13.6. The van der Waals surface area contributed by atoms with Gasteiger partial charge in [-0.05, 0) is 25.0 Å². The first-order chi connectivity index (χ1) is 8.92. The lowest BCUT2D eigenvalue weighted by Gasteiger charge is -2.16. The van der Waals surface area contributed by atoms with Crippen molar-refractivity contribution in [2.75, 3.05) is 0 Å². The number of nitrogens with zero attached hydrogens (tertiary/aromatic N) is 2. The average molecular weight is 267 g/mol. The monoisotopic (exact) mass is 267 g/mol. The van der Waals surface area contributed by atoms with Gasteiger partial charge in [-0.3, -0.25) is 0 Å². The molecule has 1 aromatic heterocycles. The molecule has 0 bridgehead atoms. The van der Waals surface area contributed by atoms with Crippen LogP contribution >= 0.6 is 0 Å². The van der Waals surface area contributed by atoms with Crippen molar-refractivity contribution in [1.29, 1.82) is 0 Å². The van der Waals surface area contributed by atoms with Gasteiger partial charge in [0.2, 0.25) is 5.89 Å². The van der Waals surface area contributed by atoms with Crippen molar-refractivity contribution in [2.24, 2.45) is 5.73 Å². The summed E-state index contributed by atoms with van der Waals surface area (Å²) in [7, 11) is 0. The van der Waals surface area contributed by atoms with Gasteiger partial charge in [0.25, 0.3) is 0 Å². The molecule has 0 aliphatic heterocycles. The van der Waals surface area contributed by atoms with Crippen molar-refractivity contribution in [1.82, 2.24) is 10.1 Å². The van der Waals surface area contributed by atoms with Gasteiger partial charge in [0.1, 0.15) is 11.6 Å². The standard InChI is InChI=1S/C13H15F2N3O/c1-3-13(2,16)12-17-11(18-19-12)6-8-4-5-9(14)7-10(8)15/h4-5,7H,3,6,16H2,1-2H3. The maximum Gasteiger partial charge on any atom is 0.246 e. The lowest BCUT2D eigenvalue weighted by Crippen LogP contribution is -2.32. The molecule has 1 atom stereocenters. The van der Waals surface area contributed by atoms with Crippen LogP contribution in [-0.2, 0) is 12.0 Å². The third-order valence-corrected chi connectivity index (χ3v) is 3.05. The summed E-state index contributed by atoms with van der Waals surface area (Å²) < 4.78 is 31.4. The van der Waals surface area contributed by atoms with E-state index in [9.17, 15) is 8.78 Å². The van der Waals surface area contributed by atoms with Gasteiger partial charge in [0, 0.05) is 12.5 Å². The molecule has 0 aliphatic carbocycles. The van der Waals surface area contributed by atoms with E-state index in [1.807, 2.05) is 6.92 Å². The highest BCUT2D eigenvalue weighted by Gasteiger charge is 2.26. The van der Waals surface area contributed by atoms with Crippen molar-refractivity contribution in [3.8, 4) is 0 Å². The minimum Gasteiger partial charge on any atom is -0.337 e. The number of hydrogen-bond donors (Lipinski definition) is 1. The second kappa shape index (κ2) is 5.05. The van der Waals surface area contributed by atoms with Gasteiger partial charge in [-0.2, -0.15) is 4.98 Å². The fourth-order valence-corrected chi connectivity index (χ4v) is 1.54. The van der Waals surface area contributed by atoms with Crippen LogP contribution in [0.3, 0.4) is 0 Å². The minimum absolute atomic E-state index is 0.134. The second-order valence-corrected chi connectivity index (χ2v) is 4.70. The van der Waals surface area contributed by atoms with Gasteiger partial charge in [0.05, 0.1) is 5.54 Å². The minimum atomic E-state index is -0.702. The molecule has 1 unspecified atom stereocenters. The number of nitrogens with two attached hydrogens (primary N) is 1. The summed E-state index contributed by atoms with van der Waals surface area (Å²) in [5.74, 6) is -0.605. The Bertz CT molecular complexity index is 581. The van der Waals surface area contributed by atoms with Crippen molar-refractivity contribution < 1.29 is 13.3 Å². The largest absolute Gasteiger partial charge is 0.337 e. The van der Waals surface area contributed by atoms with E-state index >= 15 is 0 Å². The fourth-order valence-electron chi connectivity index (χ4n) is 1.54. The Morgan fingerprint density at radius 2 is 2.11 bits per heavy atom. The molecule has 0 saturated carbocycles. The van der Waals surface area contributed by atoms with Crippen LogP contribution < -0.4 is 5.73 Å². The molecule has 2 rings (SSSR count). The van der Waals surface area contributed by atoms with Crippen molar-refractivity contribution in [3.05, 3.63) is 47.1 Å². The van der Waals surface area contributed by atoms with E-state index in [-0.39, 0.29) is 6.42 Å². The van der Waals surface area contributed by atoms with Crippen LogP contribution in [0.15, 0.2) is 22.7 Å². The average Bonchev–Trinajstić information content (AvgIpc) is 2.82. The van der Waals surface area contributed by atoms with E-state index in [1.165, 1.54) is 12.1 Å². The van der Waals surface area contributed by atoms with Crippen LogP contribution in [0.1, 0.15) is 37.5 Å². The van der Waals surface area contributed by atoms with Crippen LogP contribution in [0.25, 0.3) is 0 Å². The number of rotatable bonds is 4. The van der Waals surface area contributed by atoms with Crippen molar-refractivity contribution >= 4 is 0 Å². The Kier molecular flexibility index (Phi) is 3.61. The summed E-state index contributed by atoms with van der Waals surface area (Å²) in [6.45, 7) is 3.69. The molecular formula is C13H15F2N3O. The Hall–Kier alpha value is -1.82. The maximum absolute atomic E-state index is 13.5. The van der Waals surface area contributed by atoms with Crippen molar-refractivity contribution in [3.63, 3.8) is 0 Å². The molecule has 2 N–H and O–H groups in total. The van der Waals surface area contributed by atoms with Crippen LogP contribution in [-0.4, -0.2) is 10.1 Å². The third kappa shape index (κ3) is 2.96. The quantitative estimate of drug-likeness (QED) is 0.924. The highest BCUT2D eigenvalue weighted by atomic mass is 19.1. The van der Waals surface area contributed by atoms with Crippen LogP contribution in [0.2, 0.25) is 0 Å². The normalized spacial score (nSPS) is 14.4. The van der Waals surface area contributed by atoms with Crippen LogP contribution in [0.4, 0.5) is 8.78 Å². The van der Waals surface area contributed by atoms with E-state index in [0.717, 1.165) is 6.07 Å². The lowest BCUT2D eigenvalue weighted by molar-refractivity contribution is 0.290. The van der Waals surface area contributed by atoms with Gasteiger partial charge in [-0.15, -0.1) is 0 Å². The van der Waals surface area contributed by atoms with Gasteiger partial charge in [0.15, 0.2) is 5.82 Å². The van der Waals surface area contributed by atoms with Gasteiger partial charge in [-0.25, -0.2) is 8.78 Å². The number of hydrogen-bond acceptors (Lipinski definition) is 4. The molecule has 6 heteroatoms. The summed E-state index contributed by atoms with van der Waals surface area (Å²) in [4.78, 5) is 4.15. The third-order valence-electron chi connectivity index (χ3n) is 3.05. The zero-order chi connectivity index (χ0) is 14.0. The van der Waals surface area contributed by atoms with Gasteiger partial charge in [-0.1, -0.05) is 18.1 Å². The predicted octanol–water partition coefficient (Wildman–Crippen LogP) is 2.52. The summed E-state index contributed by atoms with van der Waals surface area (Å²) in [6, 6.07) is 3.39. The molecule has 4 nitrogen and oxygen atoms in total. The number of halogens is 2. The smallest absolute Gasteiger partial charge is 0.246 e. The van der Waals surface area contributed by atoms with E-state index < -0.39 is 17.2 Å². The Labute approximate surface area is 109 Å². The molecule has 19 heavy (non-hydrogen) atoms. The van der Waals surface area contributed by atoms with E-state index in [0.29, 0.717) is 23.7 Å². The molecule has 1 heterocycles. The number of aromatic nitrogens is 2. The molecule has 0 spiro atoms. The topological polar surface area (TPSA) is 64.9 Å². The molecule has 0 radical (unpaired) electrons. The first-order valence-electron chi connectivity index (χ1n) is 5.98. The molecule has 102 valence electrons. The van der Waals surface area contributed by atoms with Crippen molar-refractivity contribution in [2.45, 2.75) is 32.2 Å². The Morgan fingerprint density at radius 1 is 1.37 bits per heavy atom. The van der Waals surface area contributed by atoms with Gasteiger partial charge < -0.3 is 10.3 Å². The van der Waals surface area contributed by atoms with Gasteiger partial charge >= 0.3 is 0 Å². The summed E-state index contributed by atoms with van der Waals surface area (Å²) in [5, 5.41) is 3.76. The highest BCUT2D eigenvalue weighted by Crippen LogP contribution is 2.20. The maximum atomic E-state index is 13.5.